The van der Waals surface area contributed by atoms with Crippen LogP contribution in [0.3, 0.4) is 0 Å². The molecule has 1 aromatic heterocycles. The maximum atomic E-state index is 12.6. The largest absolute Gasteiger partial charge is 0.353 e. The number of nitrogens with zero attached hydrogens (tertiary/aromatic N) is 2. The molecule has 1 fully saturated rings. The predicted molar refractivity (Wildman–Crippen MR) is 98.8 cm³/mol. The fourth-order valence-corrected chi connectivity index (χ4v) is 3.17. The molecule has 1 aliphatic heterocycles. The molecule has 0 saturated carbocycles. The van der Waals surface area contributed by atoms with Crippen molar-refractivity contribution in [1.29, 1.82) is 0 Å². The van der Waals surface area contributed by atoms with Crippen LogP contribution in [0.4, 0.5) is 0 Å². The number of aromatic nitrogens is 2. The second-order valence-corrected chi connectivity index (χ2v) is 6.42. The molecule has 0 bridgehead atoms. The van der Waals surface area contributed by atoms with Gasteiger partial charge in [-0.25, -0.2) is 0 Å². The zero-order valence-corrected chi connectivity index (χ0v) is 15.0. The molecular weight excluding hydrogens is 346 g/mol. The van der Waals surface area contributed by atoms with Crippen LogP contribution in [0, 0.1) is 0 Å². The predicted octanol–water partition coefficient (Wildman–Crippen LogP) is 0.489. The third-order valence-corrected chi connectivity index (χ3v) is 4.53. The van der Waals surface area contributed by atoms with Crippen LogP contribution in [0.5, 0.6) is 0 Å². The van der Waals surface area contributed by atoms with E-state index in [1.165, 1.54) is 6.20 Å². The highest BCUT2D eigenvalue weighted by Crippen LogP contribution is 2.19. The first-order chi connectivity index (χ1) is 13.1. The van der Waals surface area contributed by atoms with Crippen molar-refractivity contribution >= 4 is 17.7 Å². The van der Waals surface area contributed by atoms with E-state index in [2.05, 4.69) is 20.8 Å². The molecule has 3 N–H and O–H groups in total. The van der Waals surface area contributed by atoms with Crippen LogP contribution in [0.15, 0.2) is 42.6 Å². The van der Waals surface area contributed by atoms with Crippen molar-refractivity contribution in [2.45, 2.75) is 25.3 Å². The summed E-state index contributed by atoms with van der Waals surface area (Å²) in [7, 11) is 0. The number of aromatic amines is 1. The molecule has 8 nitrogen and oxygen atoms in total. The first-order valence-corrected chi connectivity index (χ1v) is 9.04. The van der Waals surface area contributed by atoms with Gasteiger partial charge in [0.2, 0.25) is 11.8 Å². The van der Waals surface area contributed by atoms with E-state index < -0.39 is 6.04 Å². The van der Waals surface area contributed by atoms with Gasteiger partial charge in [0.05, 0.1) is 6.42 Å². The molecule has 1 aliphatic rings. The van der Waals surface area contributed by atoms with Gasteiger partial charge in [-0.05, 0) is 24.5 Å². The molecule has 1 unspecified atom stereocenters. The van der Waals surface area contributed by atoms with Crippen LogP contribution >= 0.6 is 0 Å². The van der Waals surface area contributed by atoms with Crippen LogP contribution in [-0.4, -0.2) is 58.5 Å². The topological polar surface area (TPSA) is 107 Å². The van der Waals surface area contributed by atoms with Crippen molar-refractivity contribution in [3.63, 3.8) is 0 Å². The molecule has 1 atom stereocenters. The summed E-state index contributed by atoms with van der Waals surface area (Å²) < 4.78 is 0. The molecular formula is C19H23N5O3. The number of carbonyl (C=O) groups excluding carboxylic acids is 3. The normalized spacial score (nSPS) is 16.1. The molecule has 0 aliphatic carbocycles. The molecule has 142 valence electrons. The second-order valence-electron chi connectivity index (χ2n) is 6.42. The van der Waals surface area contributed by atoms with Crippen LogP contribution in [0.25, 0.3) is 0 Å². The minimum Gasteiger partial charge on any atom is -0.353 e. The van der Waals surface area contributed by atoms with Gasteiger partial charge in [-0.2, -0.15) is 5.10 Å². The lowest BCUT2D eigenvalue weighted by Crippen LogP contribution is -2.47. The molecule has 3 amide bonds. The van der Waals surface area contributed by atoms with Crippen LogP contribution in [-0.2, 0) is 16.0 Å². The molecule has 2 aromatic rings. The summed E-state index contributed by atoms with van der Waals surface area (Å²) in [6.45, 7) is 1.20. The Bertz CT molecular complexity index is 776. The molecule has 1 saturated heterocycles. The van der Waals surface area contributed by atoms with E-state index in [9.17, 15) is 14.4 Å². The number of nitrogens with one attached hydrogen (secondary N) is 3. The zero-order chi connectivity index (χ0) is 19.1. The summed E-state index contributed by atoms with van der Waals surface area (Å²) in [5, 5.41) is 11.8. The van der Waals surface area contributed by atoms with Crippen molar-refractivity contribution in [1.82, 2.24) is 25.7 Å². The summed E-state index contributed by atoms with van der Waals surface area (Å²) in [5.41, 5.74) is 1.31. The number of hydrogen-bond acceptors (Lipinski definition) is 4. The highest BCUT2D eigenvalue weighted by molar-refractivity contribution is 5.92. The van der Waals surface area contributed by atoms with E-state index in [1.54, 1.807) is 11.0 Å². The molecule has 0 radical (unpaired) electrons. The summed E-state index contributed by atoms with van der Waals surface area (Å²) >= 11 is 0. The summed E-state index contributed by atoms with van der Waals surface area (Å²) in [5.74, 6) is -0.488. The van der Waals surface area contributed by atoms with Crippen molar-refractivity contribution in [3.05, 3.63) is 53.9 Å². The molecule has 8 heteroatoms. The van der Waals surface area contributed by atoms with E-state index in [-0.39, 0.29) is 17.7 Å². The Labute approximate surface area is 157 Å². The third-order valence-electron chi connectivity index (χ3n) is 4.53. The molecule has 2 heterocycles. The Morgan fingerprint density at radius 1 is 1.11 bits per heavy atom. The second kappa shape index (κ2) is 8.98. The van der Waals surface area contributed by atoms with Gasteiger partial charge in [0.25, 0.3) is 5.91 Å². The first kappa shape index (κ1) is 18.6. The van der Waals surface area contributed by atoms with Gasteiger partial charge in [0.1, 0.15) is 11.7 Å². The fourth-order valence-electron chi connectivity index (χ4n) is 3.17. The number of carbonyl (C=O) groups is 3. The van der Waals surface area contributed by atoms with Crippen LogP contribution in [0.1, 0.15) is 28.9 Å². The smallest absolute Gasteiger partial charge is 0.269 e. The van der Waals surface area contributed by atoms with E-state index in [4.69, 9.17) is 0 Å². The average molecular weight is 369 g/mol. The van der Waals surface area contributed by atoms with Gasteiger partial charge in [0, 0.05) is 25.8 Å². The minimum atomic E-state index is -0.440. The maximum Gasteiger partial charge on any atom is 0.269 e. The Kier molecular flexibility index (Phi) is 6.19. The van der Waals surface area contributed by atoms with Gasteiger partial charge < -0.3 is 15.5 Å². The minimum absolute atomic E-state index is 0.0357. The zero-order valence-electron chi connectivity index (χ0n) is 15.0. The Balaban J connectivity index is 1.44. The molecule has 3 rings (SSSR count). The Morgan fingerprint density at radius 3 is 2.63 bits per heavy atom. The van der Waals surface area contributed by atoms with E-state index in [1.807, 2.05) is 30.3 Å². The Morgan fingerprint density at radius 2 is 1.89 bits per heavy atom. The quantitative estimate of drug-likeness (QED) is 0.617. The van der Waals surface area contributed by atoms with Gasteiger partial charge >= 0.3 is 0 Å². The number of likely N-dealkylation sites (tertiary alicyclic amines) is 1. The number of amides is 3. The average Bonchev–Trinajstić information content (AvgIpc) is 3.37. The summed E-state index contributed by atoms with van der Waals surface area (Å²) in [4.78, 5) is 38.4. The summed E-state index contributed by atoms with van der Waals surface area (Å²) in [6.07, 6.45) is 3.27. The van der Waals surface area contributed by atoms with Gasteiger partial charge in [0.15, 0.2) is 0 Å². The van der Waals surface area contributed by atoms with Crippen molar-refractivity contribution in [2.24, 2.45) is 0 Å². The van der Waals surface area contributed by atoms with Crippen molar-refractivity contribution in [2.75, 3.05) is 19.6 Å². The Hall–Kier alpha value is -3.16. The van der Waals surface area contributed by atoms with E-state index >= 15 is 0 Å². The number of rotatable bonds is 7. The van der Waals surface area contributed by atoms with Gasteiger partial charge in [-0.1, -0.05) is 30.3 Å². The van der Waals surface area contributed by atoms with Gasteiger partial charge in [-0.3, -0.25) is 19.5 Å². The molecule has 1 aromatic carbocycles. The molecule has 27 heavy (non-hydrogen) atoms. The SMILES string of the molecule is O=C(NCCNC(=O)C1CCCN1C(=O)Cc1ccccc1)c1ccn[nH]1. The van der Waals surface area contributed by atoms with Crippen LogP contribution in [0.2, 0.25) is 0 Å². The van der Waals surface area contributed by atoms with E-state index in [0.29, 0.717) is 38.2 Å². The lowest BCUT2D eigenvalue weighted by atomic mass is 10.1. The standard InChI is InChI=1S/C19H23N5O3/c25-17(13-14-5-2-1-3-6-14)24-12-4-7-16(24)19(27)21-11-10-20-18(26)15-8-9-22-23-15/h1-3,5-6,8-9,16H,4,7,10-13H2,(H,20,26)(H,21,27)(H,22,23). The van der Waals surface area contributed by atoms with Gasteiger partial charge in [-0.15, -0.1) is 0 Å². The maximum absolute atomic E-state index is 12.6. The summed E-state index contributed by atoms with van der Waals surface area (Å²) in [6, 6.07) is 10.7. The van der Waals surface area contributed by atoms with Crippen LogP contribution < -0.4 is 10.6 Å². The monoisotopic (exact) mass is 369 g/mol. The van der Waals surface area contributed by atoms with Crippen molar-refractivity contribution < 1.29 is 14.4 Å². The highest BCUT2D eigenvalue weighted by atomic mass is 16.2. The fraction of sp³-hybridized carbons (Fsp3) is 0.368. The lowest BCUT2D eigenvalue weighted by molar-refractivity contribution is -0.137. The molecule has 0 spiro atoms. The lowest BCUT2D eigenvalue weighted by Gasteiger charge is -2.24. The third kappa shape index (κ3) is 4.93. The highest BCUT2D eigenvalue weighted by Gasteiger charge is 2.33. The first-order valence-electron chi connectivity index (χ1n) is 9.04. The number of hydrogen-bond donors (Lipinski definition) is 3. The van der Waals surface area contributed by atoms with Crippen molar-refractivity contribution in [3.8, 4) is 0 Å². The van der Waals surface area contributed by atoms with E-state index in [0.717, 1.165) is 12.0 Å². The number of H-pyrrole nitrogens is 1. The number of benzene rings is 1.